The van der Waals surface area contributed by atoms with Gasteiger partial charge in [-0.1, -0.05) is 6.92 Å². The number of halogens is 1. The fraction of sp³-hybridized carbons (Fsp3) is 0.692. The van der Waals surface area contributed by atoms with E-state index >= 15 is 0 Å². The molecule has 2 aliphatic rings. The summed E-state index contributed by atoms with van der Waals surface area (Å²) in [4.78, 5) is 8.59. The predicted octanol–water partition coefficient (Wildman–Crippen LogP) is 2.79. The maximum atomic E-state index is 5.86. The summed E-state index contributed by atoms with van der Waals surface area (Å²) in [6.07, 6.45) is 6.90. The van der Waals surface area contributed by atoms with Crippen LogP contribution in [0.3, 0.4) is 0 Å². The molecule has 3 rings (SSSR count). The summed E-state index contributed by atoms with van der Waals surface area (Å²) in [6.45, 7) is 3.04. The van der Waals surface area contributed by atoms with Gasteiger partial charge < -0.3 is 15.4 Å². The summed E-state index contributed by atoms with van der Waals surface area (Å²) in [5.41, 5.74) is 0. The number of fused-ring (bicyclic) bond motifs is 2. The van der Waals surface area contributed by atoms with Gasteiger partial charge in [0.15, 0.2) is 0 Å². The molecule has 2 fully saturated rings. The van der Waals surface area contributed by atoms with Gasteiger partial charge in [0.05, 0.1) is 18.2 Å². The lowest BCUT2D eigenvalue weighted by molar-refractivity contribution is 0.102. The maximum Gasteiger partial charge on any atom is 0.146 e. The number of hydrogen-bond acceptors (Lipinski definition) is 5. The van der Waals surface area contributed by atoms with Crippen molar-refractivity contribution in [2.75, 3.05) is 17.2 Å². The number of hydrogen-bond donors (Lipinski definition) is 2. The zero-order valence-electron chi connectivity index (χ0n) is 11.0. The van der Waals surface area contributed by atoms with Gasteiger partial charge in [0, 0.05) is 6.54 Å². The van der Waals surface area contributed by atoms with Gasteiger partial charge in [0.25, 0.3) is 0 Å². The van der Waals surface area contributed by atoms with Gasteiger partial charge in [-0.25, -0.2) is 9.97 Å². The summed E-state index contributed by atoms with van der Waals surface area (Å²) in [5, 5.41) is 6.79. The van der Waals surface area contributed by atoms with E-state index in [1.54, 1.807) is 6.33 Å². The monoisotopic (exact) mass is 326 g/mol. The largest absolute Gasteiger partial charge is 0.373 e. The van der Waals surface area contributed by atoms with E-state index in [1.807, 2.05) is 0 Å². The summed E-state index contributed by atoms with van der Waals surface area (Å²) in [5.74, 6) is 1.71. The average molecular weight is 327 g/mol. The van der Waals surface area contributed by atoms with Crippen LogP contribution in [-0.2, 0) is 4.74 Å². The molecule has 3 heterocycles. The fourth-order valence-electron chi connectivity index (χ4n) is 2.80. The minimum absolute atomic E-state index is 0.346. The van der Waals surface area contributed by atoms with Gasteiger partial charge in [-0.2, -0.15) is 0 Å². The Morgan fingerprint density at radius 2 is 2.21 bits per heavy atom. The molecule has 0 radical (unpaired) electrons. The second kappa shape index (κ2) is 5.63. The van der Waals surface area contributed by atoms with Gasteiger partial charge in [0.2, 0.25) is 0 Å². The molecule has 0 amide bonds. The van der Waals surface area contributed by atoms with Crippen molar-refractivity contribution in [2.45, 2.75) is 50.9 Å². The Morgan fingerprint density at radius 3 is 2.89 bits per heavy atom. The van der Waals surface area contributed by atoms with Crippen LogP contribution in [0.25, 0.3) is 0 Å². The Balaban J connectivity index is 1.70. The lowest BCUT2D eigenvalue weighted by atomic mass is 9.95. The molecule has 0 spiro atoms. The smallest absolute Gasteiger partial charge is 0.146 e. The number of aromatic nitrogens is 2. The van der Waals surface area contributed by atoms with Crippen molar-refractivity contribution in [2.24, 2.45) is 0 Å². The minimum Gasteiger partial charge on any atom is -0.373 e. The lowest BCUT2D eigenvalue weighted by Crippen LogP contribution is -2.31. The van der Waals surface area contributed by atoms with Crippen molar-refractivity contribution in [3.63, 3.8) is 0 Å². The summed E-state index contributed by atoms with van der Waals surface area (Å²) < 4.78 is 6.76. The van der Waals surface area contributed by atoms with Crippen molar-refractivity contribution in [3.05, 3.63) is 10.8 Å². The number of rotatable bonds is 5. The molecule has 2 saturated heterocycles. The van der Waals surface area contributed by atoms with E-state index in [0.29, 0.717) is 18.2 Å². The topological polar surface area (TPSA) is 59.1 Å². The number of nitrogens with one attached hydrogen (secondary N) is 2. The minimum atomic E-state index is 0.346. The van der Waals surface area contributed by atoms with Crippen LogP contribution < -0.4 is 10.6 Å². The highest BCUT2D eigenvalue weighted by molar-refractivity contribution is 9.10. The van der Waals surface area contributed by atoms with Gasteiger partial charge >= 0.3 is 0 Å². The Morgan fingerprint density at radius 1 is 1.37 bits per heavy atom. The molecule has 3 atom stereocenters. The highest BCUT2D eigenvalue weighted by atomic mass is 79.9. The Bertz CT molecular complexity index is 456. The number of nitrogens with zero attached hydrogens (tertiary/aromatic N) is 2. The van der Waals surface area contributed by atoms with E-state index in [0.717, 1.165) is 41.9 Å². The fourth-order valence-corrected chi connectivity index (χ4v) is 3.26. The van der Waals surface area contributed by atoms with Crippen LogP contribution in [0.2, 0.25) is 0 Å². The molecule has 1 aromatic heterocycles. The van der Waals surface area contributed by atoms with Crippen LogP contribution in [0, 0.1) is 0 Å². The molecular formula is C13H19BrN4O. The molecule has 5 nitrogen and oxygen atoms in total. The molecule has 1 aromatic rings. The van der Waals surface area contributed by atoms with E-state index < -0.39 is 0 Å². The standard InChI is InChI=1S/C13H19BrN4O/c1-2-5-15-12-11(14)13(17-7-16-12)18-9-6-8-3-4-10(9)19-8/h7-10H,2-6H2,1H3,(H2,15,16,17,18). The summed E-state index contributed by atoms with van der Waals surface area (Å²) in [6, 6.07) is 0.379. The van der Waals surface area contributed by atoms with Crippen LogP contribution in [-0.4, -0.2) is 34.8 Å². The molecule has 3 unspecified atom stereocenters. The van der Waals surface area contributed by atoms with Gasteiger partial charge in [-0.15, -0.1) is 0 Å². The van der Waals surface area contributed by atoms with Crippen LogP contribution in [0.1, 0.15) is 32.6 Å². The molecule has 0 aromatic carbocycles. The lowest BCUT2D eigenvalue weighted by Gasteiger charge is -2.21. The van der Waals surface area contributed by atoms with Crippen LogP contribution in [0.4, 0.5) is 11.6 Å². The third kappa shape index (κ3) is 2.69. The summed E-state index contributed by atoms with van der Waals surface area (Å²) in [7, 11) is 0. The van der Waals surface area contributed by atoms with Crippen molar-refractivity contribution >= 4 is 27.6 Å². The van der Waals surface area contributed by atoms with Crippen LogP contribution in [0.15, 0.2) is 10.8 Å². The van der Waals surface area contributed by atoms with Gasteiger partial charge in [-0.05, 0) is 41.6 Å². The zero-order chi connectivity index (χ0) is 13.2. The Kier molecular flexibility index (Phi) is 3.88. The maximum absolute atomic E-state index is 5.86. The van der Waals surface area contributed by atoms with Crippen molar-refractivity contribution in [1.82, 2.24) is 9.97 Å². The first kappa shape index (κ1) is 13.1. The first-order valence-electron chi connectivity index (χ1n) is 6.94. The number of ether oxygens (including phenoxy) is 1. The van der Waals surface area contributed by atoms with Crippen LogP contribution >= 0.6 is 15.9 Å². The van der Waals surface area contributed by atoms with Crippen molar-refractivity contribution in [1.29, 1.82) is 0 Å². The van der Waals surface area contributed by atoms with Crippen LogP contribution in [0.5, 0.6) is 0 Å². The van der Waals surface area contributed by atoms with E-state index in [9.17, 15) is 0 Å². The normalized spacial score (nSPS) is 28.6. The molecule has 2 bridgehead atoms. The van der Waals surface area contributed by atoms with E-state index in [1.165, 1.54) is 6.42 Å². The van der Waals surface area contributed by atoms with E-state index in [-0.39, 0.29) is 0 Å². The zero-order valence-corrected chi connectivity index (χ0v) is 12.6. The predicted molar refractivity (Wildman–Crippen MR) is 78.4 cm³/mol. The summed E-state index contributed by atoms with van der Waals surface area (Å²) >= 11 is 3.58. The molecule has 0 saturated carbocycles. The second-order valence-electron chi connectivity index (χ2n) is 5.17. The van der Waals surface area contributed by atoms with E-state index in [4.69, 9.17) is 4.74 Å². The highest BCUT2D eigenvalue weighted by Gasteiger charge is 2.41. The molecule has 2 N–H and O–H groups in total. The molecule has 0 aliphatic carbocycles. The Hall–Kier alpha value is -0.880. The Labute approximate surface area is 121 Å². The molecule has 2 aliphatic heterocycles. The van der Waals surface area contributed by atoms with Gasteiger partial charge in [-0.3, -0.25) is 0 Å². The third-order valence-corrected chi connectivity index (χ3v) is 4.51. The van der Waals surface area contributed by atoms with Crippen molar-refractivity contribution in [3.8, 4) is 0 Å². The quantitative estimate of drug-likeness (QED) is 0.871. The third-order valence-electron chi connectivity index (χ3n) is 3.76. The first-order valence-corrected chi connectivity index (χ1v) is 7.73. The first-order chi connectivity index (χ1) is 9.28. The SMILES string of the molecule is CCCNc1ncnc(NC2CC3CCC2O3)c1Br. The second-order valence-corrected chi connectivity index (χ2v) is 5.97. The van der Waals surface area contributed by atoms with E-state index in [2.05, 4.69) is 43.5 Å². The van der Waals surface area contributed by atoms with Crippen molar-refractivity contribution < 1.29 is 4.74 Å². The average Bonchev–Trinajstić information content (AvgIpc) is 3.02. The number of anilines is 2. The highest BCUT2D eigenvalue weighted by Crippen LogP contribution is 2.37. The molecule has 6 heteroatoms. The molecule has 19 heavy (non-hydrogen) atoms. The van der Waals surface area contributed by atoms with Gasteiger partial charge in [0.1, 0.15) is 22.4 Å². The molecule has 104 valence electrons. The molecular weight excluding hydrogens is 308 g/mol.